The molecule has 12 heavy (non-hydrogen) atoms. The molecule has 2 nitrogen and oxygen atoms in total. The van der Waals surface area contributed by atoms with E-state index in [1.807, 2.05) is 30.6 Å². The summed E-state index contributed by atoms with van der Waals surface area (Å²) in [5.41, 5.74) is 1.24. The van der Waals surface area contributed by atoms with Crippen LogP contribution in [0.2, 0.25) is 0 Å². The summed E-state index contributed by atoms with van der Waals surface area (Å²) >= 11 is 0. The predicted octanol–water partition coefficient (Wildman–Crippen LogP) is 1.69. The van der Waals surface area contributed by atoms with Gasteiger partial charge >= 0.3 is 0 Å². The van der Waals surface area contributed by atoms with Crippen molar-refractivity contribution in [2.45, 2.75) is 0 Å². The molecule has 1 heterocycles. The van der Waals surface area contributed by atoms with Gasteiger partial charge in [0.25, 0.3) is 0 Å². The zero-order valence-electron chi connectivity index (χ0n) is 6.32. The smallest absolute Gasteiger partial charge is 0.235 e. The Kier molecular flexibility index (Phi) is 1.59. The Morgan fingerprint density at radius 2 is 2.00 bits per heavy atom. The molecule has 2 heteroatoms. The maximum Gasteiger partial charge on any atom is 0.235 e. The van der Waals surface area contributed by atoms with Crippen LogP contribution in [-0.4, -0.2) is 11.3 Å². The fourth-order valence-corrected chi connectivity index (χ4v) is 1.19. The molecular weight excluding hydrogens is 150 g/mol. The van der Waals surface area contributed by atoms with Crippen LogP contribution in [0.15, 0.2) is 36.5 Å². The fourth-order valence-electron chi connectivity index (χ4n) is 1.19. The Morgan fingerprint density at radius 3 is 2.83 bits per heavy atom. The predicted molar refractivity (Wildman–Crippen MR) is 46.5 cm³/mol. The van der Waals surface area contributed by atoms with Crippen molar-refractivity contribution in [3.63, 3.8) is 0 Å². The van der Waals surface area contributed by atoms with Gasteiger partial charge in [0, 0.05) is 11.6 Å². The van der Waals surface area contributed by atoms with Gasteiger partial charge in [0.05, 0.1) is 11.1 Å². The lowest BCUT2D eigenvalue weighted by molar-refractivity contribution is 0.563. The molecule has 0 spiro atoms. The first kappa shape index (κ1) is 6.98. The Bertz CT molecular complexity index is 418. The number of fused-ring (bicyclic) bond motifs is 1. The third-order valence-electron chi connectivity index (χ3n) is 1.74. The first-order valence-electron chi connectivity index (χ1n) is 3.64. The van der Waals surface area contributed by atoms with E-state index in [-0.39, 0.29) is 0 Å². The van der Waals surface area contributed by atoms with Gasteiger partial charge < -0.3 is 0 Å². The summed E-state index contributed by atoms with van der Waals surface area (Å²) in [7, 11) is 0. The fraction of sp³-hybridized carbons (Fsp3) is 0. The van der Waals surface area contributed by atoms with Crippen molar-refractivity contribution in [3.05, 3.63) is 42.1 Å². The number of aromatic nitrogens is 1. The van der Waals surface area contributed by atoms with Gasteiger partial charge in [-0.15, -0.1) is 0 Å². The SMILES string of the molecule is O=[C]c1cccc2cccnc12. The molecule has 0 unspecified atom stereocenters. The number of para-hydroxylation sites is 1. The van der Waals surface area contributed by atoms with Crippen molar-refractivity contribution in [1.29, 1.82) is 0 Å². The van der Waals surface area contributed by atoms with Crippen molar-refractivity contribution < 1.29 is 4.79 Å². The number of rotatable bonds is 1. The van der Waals surface area contributed by atoms with E-state index in [0.29, 0.717) is 5.56 Å². The van der Waals surface area contributed by atoms with E-state index in [1.54, 1.807) is 12.3 Å². The molecule has 2 aromatic rings. The molecule has 0 saturated heterocycles. The molecule has 0 atom stereocenters. The number of carbonyl (C=O) groups excluding carboxylic acids is 1. The van der Waals surface area contributed by atoms with Gasteiger partial charge in [-0.3, -0.25) is 9.78 Å². The van der Waals surface area contributed by atoms with Crippen LogP contribution in [0, 0.1) is 0 Å². The van der Waals surface area contributed by atoms with Crippen molar-refractivity contribution in [2.75, 3.05) is 0 Å². The molecule has 1 aromatic carbocycles. The highest BCUT2D eigenvalue weighted by atomic mass is 16.1. The molecule has 57 valence electrons. The lowest BCUT2D eigenvalue weighted by atomic mass is 10.1. The zero-order valence-corrected chi connectivity index (χ0v) is 6.32. The normalized spacial score (nSPS) is 10.0. The number of hydrogen-bond acceptors (Lipinski definition) is 2. The Labute approximate surface area is 69.9 Å². The summed E-state index contributed by atoms with van der Waals surface area (Å²) in [6.45, 7) is 0. The zero-order chi connectivity index (χ0) is 8.39. The average molecular weight is 156 g/mol. The Morgan fingerprint density at radius 1 is 1.17 bits per heavy atom. The van der Waals surface area contributed by atoms with Gasteiger partial charge in [-0.25, -0.2) is 0 Å². The Hall–Kier alpha value is -1.70. The summed E-state index contributed by atoms with van der Waals surface area (Å²) in [6, 6.07) is 9.22. The van der Waals surface area contributed by atoms with Crippen molar-refractivity contribution in [3.8, 4) is 0 Å². The molecule has 2 rings (SSSR count). The molecule has 0 aliphatic heterocycles. The summed E-state index contributed by atoms with van der Waals surface area (Å²) in [5.74, 6) is 0. The van der Waals surface area contributed by atoms with E-state index in [4.69, 9.17) is 0 Å². The van der Waals surface area contributed by atoms with Crippen molar-refractivity contribution in [1.82, 2.24) is 4.98 Å². The van der Waals surface area contributed by atoms with E-state index >= 15 is 0 Å². The molecule has 1 radical (unpaired) electrons. The molecule has 0 fully saturated rings. The topological polar surface area (TPSA) is 30.0 Å². The quantitative estimate of drug-likeness (QED) is 0.628. The van der Waals surface area contributed by atoms with E-state index in [1.165, 1.54) is 0 Å². The second kappa shape index (κ2) is 2.74. The van der Waals surface area contributed by atoms with Crippen molar-refractivity contribution in [2.24, 2.45) is 0 Å². The van der Waals surface area contributed by atoms with Crippen LogP contribution in [0.3, 0.4) is 0 Å². The van der Waals surface area contributed by atoms with Gasteiger partial charge in [0.2, 0.25) is 6.29 Å². The van der Waals surface area contributed by atoms with Crippen LogP contribution in [0.5, 0.6) is 0 Å². The summed E-state index contributed by atoms with van der Waals surface area (Å²) < 4.78 is 0. The lowest BCUT2D eigenvalue weighted by Gasteiger charge is -1.96. The summed E-state index contributed by atoms with van der Waals surface area (Å²) in [5, 5.41) is 0.971. The number of pyridine rings is 1. The second-order valence-electron chi connectivity index (χ2n) is 2.48. The number of benzene rings is 1. The molecule has 0 amide bonds. The molecular formula is C10H6NO. The minimum absolute atomic E-state index is 0.521. The van der Waals surface area contributed by atoms with Crippen LogP contribution in [0.25, 0.3) is 10.9 Å². The molecule has 1 aromatic heterocycles. The molecule has 0 saturated carbocycles. The van der Waals surface area contributed by atoms with Gasteiger partial charge in [-0.2, -0.15) is 0 Å². The van der Waals surface area contributed by atoms with E-state index in [2.05, 4.69) is 4.98 Å². The van der Waals surface area contributed by atoms with E-state index in [9.17, 15) is 4.79 Å². The molecule has 0 N–H and O–H groups in total. The molecule has 0 aliphatic carbocycles. The first-order valence-corrected chi connectivity index (χ1v) is 3.64. The van der Waals surface area contributed by atoms with Gasteiger partial charge in [-0.05, 0) is 12.1 Å². The monoisotopic (exact) mass is 156 g/mol. The van der Waals surface area contributed by atoms with Crippen LogP contribution < -0.4 is 0 Å². The highest BCUT2D eigenvalue weighted by molar-refractivity contribution is 5.95. The summed E-state index contributed by atoms with van der Waals surface area (Å²) in [6.07, 6.45) is 3.53. The number of nitrogens with zero attached hydrogens (tertiary/aromatic N) is 1. The third-order valence-corrected chi connectivity index (χ3v) is 1.74. The average Bonchev–Trinajstić information content (AvgIpc) is 2.17. The minimum atomic E-state index is 0.521. The van der Waals surface area contributed by atoms with Gasteiger partial charge in [-0.1, -0.05) is 18.2 Å². The number of hydrogen-bond donors (Lipinski definition) is 0. The molecule has 0 aliphatic rings. The van der Waals surface area contributed by atoms with Gasteiger partial charge in [0.15, 0.2) is 0 Å². The summed E-state index contributed by atoms with van der Waals surface area (Å²) in [4.78, 5) is 14.5. The highest BCUT2D eigenvalue weighted by Gasteiger charge is 1.98. The van der Waals surface area contributed by atoms with Crippen LogP contribution in [-0.2, 0) is 4.79 Å². The van der Waals surface area contributed by atoms with Crippen molar-refractivity contribution >= 4 is 17.2 Å². The second-order valence-corrected chi connectivity index (χ2v) is 2.48. The standard InChI is InChI=1S/C10H6NO/c12-7-9-4-1-3-8-5-2-6-11-10(8)9/h1-6H. The third kappa shape index (κ3) is 0.975. The van der Waals surface area contributed by atoms with E-state index in [0.717, 1.165) is 10.9 Å². The van der Waals surface area contributed by atoms with Gasteiger partial charge in [0.1, 0.15) is 0 Å². The minimum Gasteiger partial charge on any atom is -0.285 e. The largest absolute Gasteiger partial charge is 0.285 e. The molecule has 0 bridgehead atoms. The van der Waals surface area contributed by atoms with Crippen LogP contribution in [0.4, 0.5) is 0 Å². The van der Waals surface area contributed by atoms with Crippen LogP contribution >= 0.6 is 0 Å². The maximum absolute atomic E-state index is 10.5. The highest BCUT2D eigenvalue weighted by Crippen LogP contribution is 2.13. The maximum atomic E-state index is 10.5. The van der Waals surface area contributed by atoms with Crippen LogP contribution in [0.1, 0.15) is 5.56 Å². The lowest BCUT2D eigenvalue weighted by Crippen LogP contribution is -1.85. The van der Waals surface area contributed by atoms with E-state index < -0.39 is 0 Å². The Balaban J connectivity index is 2.88. The first-order chi connectivity index (χ1) is 5.92.